The number of halogens is 3. The van der Waals surface area contributed by atoms with Crippen LogP contribution in [0.1, 0.15) is 11.5 Å². The topological polar surface area (TPSA) is 43.9 Å². The zero-order valence-corrected chi connectivity index (χ0v) is 12.6. The van der Waals surface area contributed by atoms with Gasteiger partial charge in [-0.3, -0.25) is 0 Å². The van der Waals surface area contributed by atoms with Gasteiger partial charge in [-0.2, -0.15) is 0 Å². The molecule has 0 aliphatic rings. The van der Waals surface area contributed by atoms with Crippen LogP contribution in [0.15, 0.2) is 29.0 Å². The third-order valence-corrected chi connectivity index (χ3v) is 3.91. The Hall–Kier alpha value is -1.23. The highest BCUT2D eigenvalue weighted by Gasteiger charge is 2.14. The third kappa shape index (κ3) is 2.51. The van der Waals surface area contributed by atoms with Crippen LogP contribution in [-0.4, -0.2) is 20.6 Å². The lowest BCUT2D eigenvalue weighted by Gasteiger charge is -2.06. The maximum Gasteiger partial charge on any atom is 0.124 e. The van der Waals surface area contributed by atoms with Crippen molar-refractivity contribution >= 4 is 45.8 Å². The number of imidazole rings is 1. The molecule has 0 N–H and O–H groups in total. The third-order valence-electron chi connectivity index (χ3n) is 3.00. The lowest BCUT2D eigenvalue weighted by molar-refractivity contribution is 0.409. The molecule has 0 saturated heterocycles. The van der Waals surface area contributed by atoms with Gasteiger partial charge in [0.2, 0.25) is 0 Å². The number of alkyl halides is 1. The Bertz CT molecular complexity index is 737. The monoisotopic (exact) mass is 329 g/mol. The predicted octanol–water partition coefficient (Wildman–Crippen LogP) is 4.16. The second kappa shape index (κ2) is 5.64. The molecule has 3 rings (SSSR count). The number of nitrogens with zero attached hydrogens (tertiary/aromatic N) is 3. The molecule has 20 heavy (non-hydrogen) atoms. The Morgan fingerprint density at radius 3 is 2.70 bits per heavy atom. The summed E-state index contributed by atoms with van der Waals surface area (Å²) in [7, 11) is 0. The van der Waals surface area contributed by atoms with Crippen molar-refractivity contribution in [1.29, 1.82) is 0 Å². The molecule has 0 aliphatic heterocycles. The number of aryl methyl sites for hydroxylation is 1. The van der Waals surface area contributed by atoms with Crippen molar-refractivity contribution < 1.29 is 4.52 Å². The van der Waals surface area contributed by atoms with E-state index in [0.29, 0.717) is 28.9 Å². The molecule has 2 aromatic heterocycles. The first kappa shape index (κ1) is 13.7. The highest BCUT2D eigenvalue weighted by Crippen LogP contribution is 2.29. The fraction of sp³-hybridized carbons (Fsp3) is 0.231. The molecule has 3 aromatic rings. The Balaban J connectivity index is 2.15. The van der Waals surface area contributed by atoms with Crippen LogP contribution in [0.2, 0.25) is 10.0 Å². The summed E-state index contributed by atoms with van der Waals surface area (Å²) in [6, 6.07) is 5.38. The summed E-state index contributed by atoms with van der Waals surface area (Å²) in [5, 5.41) is 4.91. The minimum Gasteiger partial charge on any atom is -0.364 e. The molecule has 0 unspecified atom stereocenters. The average molecular weight is 331 g/mol. The molecule has 0 spiro atoms. The number of rotatable bonds is 4. The summed E-state index contributed by atoms with van der Waals surface area (Å²) in [6.07, 6.45) is 2.20. The number of benzene rings is 1. The molecule has 104 valence electrons. The van der Waals surface area contributed by atoms with E-state index < -0.39 is 0 Å². The lowest BCUT2D eigenvalue weighted by Crippen LogP contribution is -2.06. The van der Waals surface area contributed by atoms with Crippen molar-refractivity contribution in [3.8, 4) is 0 Å². The summed E-state index contributed by atoms with van der Waals surface area (Å²) < 4.78 is 6.89. The summed E-state index contributed by atoms with van der Waals surface area (Å²) >= 11 is 18.0. The highest BCUT2D eigenvalue weighted by molar-refractivity contribution is 6.42. The number of hydrogen-bond donors (Lipinski definition) is 0. The molecular weight excluding hydrogens is 321 g/mol. The zero-order chi connectivity index (χ0) is 14.1. The summed E-state index contributed by atoms with van der Waals surface area (Å²) in [5.74, 6) is 1.36. The van der Waals surface area contributed by atoms with Gasteiger partial charge in [0.05, 0.1) is 27.6 Å². The molecule has 0 atom stereocenters. The average Bonchev–Trinajstić information content (AvgIpc) is 3.02. The van der Waals surface area contributed by atoms with Gasteiger partial charge in [0.25, 0.3) is 0 Å². The van der Waals surface area contributed by atoms with Crippen molar-refractivity contribution in [3.05, 3.63) is 46.0 Å². The molecule has 0 amide bonds. The van der Waals surface area contributed by atoms with Gasteiger partial charge in [-0.25, -0.2) is 4.98 Å². The van der Waals surface area contributed by atoms with Crippen molar-refractivity contribution in [2.24, 2.45) is 0 Å². The van der Waals surface area contributed by atoms with E-state index in [1.165, 1.54) is 0 Å². The van der Waals surface area contributed by atoms with Crippen molar-refractivity contribution in [1.82, 2.24) is 14.7 Å². The number of aromatic nitrogens is 3. The predicted molar refractivity (Wildman–Crippen MR) is 79.8 cm³/mol. The van der Waals surface area contributed by atoms with E-state index in [1.54, 1.807) is 12.3 Å². The largest absolute Gasteiger partial charge is 0.364 e. The summed E-state index contributed by atoms with van der Waals surface area (Å²) in [5.41, 5.74) is 2.51. The van der Waals surface area contributed by atoms with E-state index in [2.05, 4.69) is 10.1 Å². The first-order valence-electron chi connectivity index (χ1n) is 5.98. The summed E-state index contributed by atoms with van der Waals surface area (Å²) in [4.78, 5) is 4.56. The molecule has 0 aliphatic carbocycles. The van der Waals surface area contributed by atoms with Crippen molar-refractivity contribution in [2.45, 2.75) is 13.0 Å². The molecule has 2 heterocycles. The second-order valence-corrected chi connectivity index (χ2v) is 5.49. The Morgan fingerprint density at radius 1 is 1.20 bits per heavy atom. The van der Waals surface area contributed by atoms with Gasteiger partial charge in [-0.1, -0.05) is 28.4 Å². The smallest absolute Gasteiger partial charge is 0.124 e. The van der Waals surface area contributed by atoms with Crippen LogP contribution in [0.5, 0.6) is 0 Å². The van der Waals surface area contributed by atoms with Gasteiger partial charge >= 0.3 is 0 Å². The molecule has 0 radical (unpaired) electrons. The van der Waals surface area contributed by atoms with Gasteiger partial charge in [0.15, 0.2) is 0 Å². The SMILES string of the molecule is ClCCc1nc2cc(Cl)c(Cl)cc2n1Cc1ccon1. The maximum atomic E-state index is 6.09. The van der Waals surface area contributed by atoms with E-state index in [9.17, 15) is 0 Å². The zero-order valence-electron chi connectivity index (χ0n) is 10.3. The van der Waals surface area contributed by atoms with Gasteiger partial charge in [0, 0.05) is 18.4 Å². The Labute approximate surface area is 130 Å². The normalized spacial score (nSPS) is 11.3. The van der Waals surface area contributed by atoms with Crippen LogP contribution in [0.4, 0.5) is 0 Å². The molecular formula is C13H10Cl3N3O. The highest BCUT2D eigenvalue weighted by atomic mass is 35.5. The van der Waals surface area contributed by atoms with Gasteiger partial charge in [-0.15, -0.1) is 11.6 Å². The summed E-state index contributed by atoms with van der Waals surface area (Å²) in [6.45, 7) is 0.553. The number of hydrogen-bond acceptors (Lipinski definition) is 3. The van der Waals surface area contributed by atoms with Crippen LogP contribution in [-0.2, 0) is 13.0 Å². The molecule has 1 aromatic carbocycles. The molecule has 7 heteroatoms. The first-order chi connectivity index (χ1) is 9.69. The van der Waals surface area contributed by atoms with Crippen molar-refractivity contribution in [2.75, 3.05) is 5.88 Å². The van der Waals surface area contributed by atoms with Crippen LogP contribution in [0, 0.1) is 0 Å². The standard InChI is InChI=1S/C13H10Cl3N3O/c14-3-1-13-17-11-5-9(15)10(16)6-12(11)19(13)7-8-2-4-20-18-8/h2,4-6H,1,3,7H2. The Kier molecular flexibility index (Phi) is 3.87. The van der Waals surface area contributed by atoms with Crippen LogP contribution in [0.25, 0.3) is 11.0 Å². The molecule has 0 saturated carbocycles. The van der Waals surface area contributed by atoms with Crippen LogP contribution < -0.4 is 0 Å². The minimum atomic E-state index is 0.489. The van der Waals surface area contributed by atoms with E-state index >= 15 is 0 Å². The second-order valence-electron chi connectivity index (χ2n) is 4.30. The number of fused-ring (bicyclic) bond motifs is 1. The molecule has 0 fully saturated rings. The van der Waals surface area contributed by atoms with Crippen LogP contribution >= 0.6 is 34.8 Å². The lowest BCUT2D eigenvalue weighted by atomic mass is 10.3. The first-order valence-corrected chi connectivity index (χ1v) is 7.27. The fourth-order valence-corrected chi connectivity index (χ4v) is 2.59. The van der Waals surface area contributed by atoms with E-state index in [1.807, 2.05) is 16.7 Å². The fourth-order valence-electron chi connectivity index (χ4n) is 2.10. The van der Waals surface area contributed by atoms with Crippen molar-refractivity contribution in [3.63, 3.8) is 0 Å². The maximum absolute atomic E-state index is 6.09. The van der Waals surface area contributed by atoms with E-state index in [0.717, 1.165) is 22.6 Å². The van der Waals surface area contributed by atoms with E-state index in [4.69, 9.17) is 39.3 Å². The van der Waals surface area contributed by atoms with Gasteiger partial charge in [-0.05, 0) is 12.1 Å². The van der Waals surface area contributed by atoms with E-state index in [-0.39, 0.29) is 0 Å². The van der Waals surface area contributed by atoms with Crippen LogP contribution in [0.3, 0.4) is 0 Å². The van der Waals surface area contributed by atoms with Gasteiger partial charge in [0.1, 0.15) is 17.8 Å². The quantitative estimate of drug-likeness (QED) is 0.675. The minimum absolute atomic E-state index is 0.489. The van der Waals surface area contributed by atoms with Gasteiger partial charge < -0.3 is 9.09 Å². The molecule has 0 bridgehead atoms. The Morgan fingerprint density at radius 2 is 2.00 bits per heavy atom. The molecule has 4 nitrogen and oxygen atoms in total.